The molecule has 7 heteroatoms. The van der Waals surface area contributed by atoms with Gasteiger partial charge in [0.2, 0.25) is 5.91 Å². The minimum absolute atomic E-state index is 0.196. The van der Waals surface area contributed by atoms with Gasteiger partial charge in [-0.05, 0) is 32.0 Å². The predicted octanol–water partition coefficient (Wildman–Crippen LogP) is 4.85. The maximum atomic E-state index is 13.3. The Morgan fingerprint density at radius 1 is 1.04 bits per heavy atom. The van der Waals surface area contributed by atoms with E-state index in [9.17, 15) is 13.6 Å². The van der Waals surface area contributed by atoms with E-state index >= 15 is 0 Å². The van der Waals surface area contributed by atoms with Gasteiger partial charge in [0.15, 0.2) is 16.8 Å². The third-order valence-electron chi connectivity index (χ3n) is 3.74. The highest BCUT2D eigenvalue weighted by Gasteiger charge is 2.18. The Bertz CT molecular complexity index is 967. The number of nitrogens with zero attached hydrogens (tertiary/aromatic N) is 2. The number of amides is 1. The lowest BCUT2D eigenvalue weighted by molar-refractivity contribution is -0.115. The number of thioether (sulfide) groups is 1. The number of anilines is 1. The van der Waals surface area contributed by atoms with Crippen molar-refractivity contribution in [2.24, 2.45) is 0 Å². The standard InChI is InChI=1S/C20H17F2N3OS/c1-12-10-18(14-6-4-3-5-7-14)25-20(23-12)27-13(2)19(26)24-15-8-9-16(21)17(22)11-15/h3-11,13H,1-2H3,(H,24,26). The Morgan fingerprint density at radius 3 is 2.48 bits per heavy atom. The van der Waals surface area contributed by atoms with Gasteiger partial charge < -0.3 is 5.32 Å². The van der Waals surface area contributed by atoms with Gasteiger partial charge in [-0.15, -0.1) is 0 Å². The van der Waals surface area contributed by atoms with E-state index in [0.717, 1.165) is 29.1 Å². The average molecular weight is 385 g/mol. The Balaban J connectivity index is 1.73. The lowest BCUT2D eigenvalue weighted by Gasteiger charge is -2.12. The van der Waals surface area contributed by atoms with Gasteiger partial charge in [-0.3, -0.25) is 4.79 Å². The topological polar surface area (TPSA) is 54.9 Å². The summed E-state index contributed by atoms with van der Waals surface area (Å²) in [6.45, 7) is 3.57. The molecule has 3 rings (SSSR count). The predicted molar refractivity (Wildman–Crippen MR) is 103 cm³/mol. The normalized spacial score (nSPS) is 11.9. The molecule has 0 saturated carbocycles. The first-order chi connectivity index (χ1) is 12.9. The molecule has 0 saturated heterocycles. The number of carbonyl (C=O) groups is 1. The second-order valence-electron chi connectivity index (χ2n) is 5.92. The molecule has 0 aliphatic heterocycles. The summed E-state index contributed by atoms with van der Waals surface area (Å²) in [5, 5.41) is 2.52. The van der Waals surface area contributed by atoms with Gasteiger partial charge >= 0.3 is 0 Å². The molecule has 0 aliphatic carbocycles. The van der Waals surface area contributed by atoms with E-state index < -0.39 is 16.9 Å². The number of halogens is 2. The zero-order valence-corrected chi connectivity index (χ0v) is 15.6. The van der Waals surface area contributed by atoms with E-state index in [1.807, 2.05) is 43.3 Å². The first-order valence-corrected chi connectivity index (χ1v) is 9.14. The third-order valence-corrected chi connectivity index (χ3v) is 4.70. The number of aromatic nitrogens is 2. The van der Waals surface area contributed by atoms with Crippen LogP contribution in [0.1, 0.15) is 12.6 Å². The lowest BCUT2D eigenvalue weighted by atomic mass is 10.1. The van der Waals surface area contributed by atoms with E-state index in [0.29, 0.717) is 5.16 Å². The van der Waals surface area contributed by atoms with Crippen molar-refractivity contribution in [3.8, 4) is 11.3 Å². The van der Waals surface area contributed by atoms with Crippen molar-refractivity contribution in [2.45, 2.75) is 24.3 Å². The molecule has 1 unspecified atom stereocenters. The number of aryl methyl sites for hydroxylation is 1. The van der Waals surface area contributed by atoms with E-state index in [-0.39, 0.29) is 11.6 Å². The second kappa shape index (κ2) is 8.26. The molecule has 0 aliphatic rings. The van der Waals surface area contributed by atoms with Gasteiger partial charge in [-0.25, -0.2) is 18.7 Å². The number of carbonyl (C=O) groups excluding carboxylic acids is 1. The summed E-state index contributed by atoms with van der Waals surface area (Å²) < 4.78 is 26.3. The molecule has 0 bridgehead atoms. The quantitative estimate of drug-likeness (QED) is 0.504. The van der Waals surface area contributed by atoms with Crippen molar-refractivity contribution in [2.75, 3.05) is 5.32 Å². The SMILES string of the molecule is Cc1cc(-c2ccccc2)nc(SC(C)C(=O)Nc2ccc(F)c(F)c2)n1. The Kier molecular flexibility index (Phi) is 5.81. The van der Waals surface area contributed by atoms with E-state index in [1.165, 1.54) is 17.8 Å². The van der Waals surface area contributed by atoms with Crippen LogP contribution in [0.2, 0.25) is 0 Å². The van der Waals surface area contributed by atoms with Crippen LogP contribution in [0, 0.1) is 18.6 Å². The molecule has 0 radical (unpaired) electrons. The van der Waals surface area contributed by atoms with Crippen molar-refractivity contribution in [3.63, 3.8) is 0 Å². The molecule has 3 aromatic rings. The molecule has 2 aromatic carbocycles. The minimum atomic E-state index is -1.01. The fourth-order valence-electron chi connectivity index (χ4n) is 2.38. The van der Waals surface area contributed by atoms with Crippen molar-refractivity contribution in [1.29, 1.82) is 0 Å². The van der Waals surface area contributed by atoms with Crippen LogP contribution in [0.25, 0.3) is 11.3 Å². The molecule has 4 nitrogen and oxygen atoms in total. The van der Waals surface area contributed by atoms with Crippen LogP contribution in [0.15, 0.2) is 59.8 Å². The van der Waals surface area contributed by atoms with Crippen LogP contribution >= 0.6 is 11.8 Å². The molecule has 138 valence electrons. The van der Waals surface area contributed by atoms with Crippen LogP contribution in [0.4, 0.5) is 14.5 Å². The first kappa shape index (κ1) is 19.0. The van der Waals surface area contributed by atoms with Gasteiger partial charge in [0.25, 0.3) is 0 Å². The second-order valence-corrected chi connectivity index (χ2v) is 7.23. The Hall–Kier alpha value is -2.80. The van der Waals surface area contributed by atoms with Crippen LogP contribution in [-0.2, 0) is 4.79 Å². The molecule has 1 amide bonds. The van der Waals surface area contributed by atoms with Crippen molar-refractivity contribution < 1.29 is 13.6 Å². The molecule has 1 N–H and O–H groups in total. The number of rotatable bonds is 5. The van der Waals surface area contributed by atoms with Crippen LogP contribution in [0.3, 0.4) is 0 Å². The molecule has 0 spiro atoms. The van der Waals surface area contributed by atoms with Crippen molar-refractivity contribution >= 4 is 23.4 Å². The fourth-order valence-corrected chi connectivity index (χ4v) is 3.21. The summed E-state index contributed by atoms with van der Waals surface area (Å²) in [5.41, 5.74) is 2.73. The van der Waals surface area contributed by atoms with E-state index in [4.69, 9.17) is 0 Å². The van der Waals surface area contributed by atoms with Crippen LogP contribution < -0.4 is 5.32 Å². The van der Waals surface area contributed by atoms with Crippen molar-refractivity contribution in [3.05, 3.63) is 71.9 Å². The zero-order chi connectivity index (χ0) is 19.4. The molecule has 1 aromatic heterocycles. The minimum Gasteiger partial charge on any atom is -0.325 e. The van der Waals surface area contributed by atoms with Gasteiger partial charge in [0.1, 0.15) is 0 Å². The molecule has 1 heterocycles. The molecule has 0 fully saturated rings. The number of hydrogen-bond donors (Lipinski definition) is 1. The Morgan fingerprint density at radius 2 is 1.78 bits per heavy atom. The van der Waals surface area contributed by atoms with E-state index in [2.05, 4.69) is 15.3 Å². The maximum Gasteiger partial charge on any atom is 0.237 e. The molecule has 1 atom stereocenters. The van der Waals surface area contributed by atoms with Gasteiger partial charge in [0, 0.05) is 23.0 Å². The maximum absolute atomic E-state index is 13.3. The first-order valence-electron chi connectivity index (χ1n) is 8.26. The molecular weight excluding hydrogens is 368 g/mol. The summed E-state index contributed by atoms with van der Waals surface area (Å²) >= 11 is 1.20. The smallest absolute Gasteiger partial charge is 0.237 e. The summed E-state index contributed by atoms with van der Waals surface area (Å²) in [4.78, 5) is 21.2. The summed E-state index contributed by atoms with van der Waals surface area (Å²) in [5.74, 6) is -2.32. The summed E-state index contributed by atoms with van der Waals surface area (Å²) in [7, 11) is 0. The van der Waals surface area contributed by atoms with Gasteiger partial charge in [-0.1, -0.05) is 42.1 Å². The highest BCUT2D eigenvalue weighted by Crippen LogP contribution is 2.25. The Labute approximate surface area is 160 Å². The monoisotopic (exact) mass is 385 g/mol. The van der Waals surface area contributed by atoms with Gasteiger partial charge in [0.05, 0.1) is 10.9 Å². The van der Waals surface area contributed by atoms with Gasteiger partial charge in [-0.2, -0.15) is 0 Å². The average Bonchev–Trinajstić information content (AvgIpc) is 2.65. The summed E-state index contributed by atoms with van der Waals surface area (Å²) in [6.07, 6.45) is 0. The number of nitrogens with one attached hydrogen (secondary N) is 1. The van der Waals surface area contributed by atoms with Crippen LogP contribution in [-0.4, -0.2) is 21.1 Å². The highest BCUT2D eigenvalue weighted by molar-refractivity contribution is 8.00. The van der Waals surface area contributed by atoms with Crippen LogP contribution in [0.5, 0.6) is 0 Å². The molecular formula is C20H17F2N3OS. The number of hydrogen-bond acceptors (Lipinski definition) is 4. The highest BCUT2D eigenvalue weighted by atomic mass is 32.2. The third kappa shape index (κ3) is 4.89. The van der Waals surface area contributed by atoms with E-state index in [1.54, 1.807) is 6.92 Å². The summed E-state index contributed by atoms with van der Waals surface area (Å²) in [6, 6.07) is 14.8. The molecule has 27 heavy (non-hydrogen) atoms. The fraction of sp³-hybridized carbons (Fsp3) is 0.150. The van der Waals surface area contributed by atoms with Crippen molar-refractivity contribution in [1.82, 2.24) is 9.97 Å². The largest absolute Gasteiger partial charge is 0.325 e. The number of benzene rings is 2. The zero-order valence-electron chi connectivity index (χ0n) is 14.7. The lowest BCUT2D eigenvalue weighted by Crippen LogP contribution is -2.22.